The zero-order valence-corrected chi connectivity index (χ0v) is 11.2. The normalized spacial score (nSPS) is 23.5. The maximum Gasteiger partial charge on any atom is 0.112 e. The third-order valence-corrected chi connectivity index (χ3v) is 7.14. The van der Waals surface area contributed by atoms with E-state index in [1.54, 1.807) is 10.4 Å². The highest BCUT2D eigenvalue weighted by Gasteiger charge is 2.48. The molecule has 1 aromatic rings. The van der Waals surface area contributed by atoms with Crippen LogP contribution in [0, 0.1) is 6.08 Å². The van der Waals surface area contributed by atoms with Crippen molar-refractivity contribution in [1.29, 1.82) is 0 Å². The van der Waals surface area contributed by atoms with Crippen LogP contribution in [-0.2, 0) is 0 Å². The maximum absolute atomic E-state index is 3.48. The molecule has 83 valence electrons. The first kappa shape index (κ1) is 10.1. The van der Waals surface area contributed by atoms with Crippen LogP contribution >= 0.6 is 0 Å². The zero-order valence-electron chi connectivity index (χ0n) is 10.2. The van der Waals surface area contributed by atoms with Crippen LogP contribution in [0.5, 0.6) is 0 Å². The molecular weight excluding hydrogens is 212 g/mol. The van der Waals surface area contributed by atoms with Crippen LogP contribution < -0.4 is 21.0 Å². The van der Waals surface area contributed by atoms with Crippen LogP contribution in [-0.4, -0.2) is 22.2 Å². The van der Waals surface area contributed by atoms with Gasteiger partial charge in [0.1, 0.15) is 8.07 Å². The van der Waals surface area contributed by atoms with Crippen molar-refractivity contribution in [2.75, 3.05) is 14.1 Å². The molecule has 3 heteroatoms. The molecule has 2 N–H and O–H groups in total. The van der Waals surface area contributed by atoms with Crippen molar-refractivity contribution in [2.24, 2.45) is 0 Å². The van der Waals surface area contributed by atoms with Gasteiger partial charge in [-0.3, -0.25) is 0 Å². The predicted molar refractivity (Wildman–Crippen MR) is 70.7 cm³/mol. The van der Waals surface area contributed by atoms with Gasteiger partial charge in [0.25, 0.3) is 0 Å². The lowest BCUT2D eigenvalue weighted by Crippen LogP contribution is -2.20. The summed E-state index contributed by atoms with van der Waals surface area (Å²) in [6.45, 7) is 4.86. The molecule has 0 spiro atoms. The van der Waals surface area contributed by atoms with Crippen molar-refractivity contribution in [3.63, 3.8) is 0 Å². The minimum absolute atomic E-state index is 0.258. The Kier molecular flexibility index (Phi) is 1.89. The lowest BCUT2D eigenvalue weighted by atomic mass is 10.1. The topological polar surface area (TPSA) is 24.1 Å². The van der Waals surface area contributed by atoms with E-state index in [2.05, 4.69) is 41.9 Å². The Morgan fingerprint density at radius 2 is 2.00 bits per heavy atom. The summed E-state index contributed by atoms with van der Waals surface area (Å²) >= 11 is 0. The molecule has 2 aliphatic rings. The van der Waals surface area contributed by atoms with Gasteiger partial charge in [0.05, 0.1) is 6.04 Å². The molecule has 1 atom stereocenters. The lowest BCUT2D eigenvalue weighted by molar-refractivity contribution is 0.710. The van der Waals surface area contributed by atoms with E-state index in [1.807, 2.05) is 14.1 Å². The fourth-order valence-corrected chi connectivity index (χ4v) is 6.21. The standard InChI is InChI=1S/C13H17N2Si/c1-14-9-7-10(15-2)12-8(9)5-6-11-13(12)16(11,3)4/h5-6,9,14-15H,1-4H3. The summed E-state index contributed by atoms with van der Waals surface area (Å²) in [5, 5.41) is 9.85. The molecule has 0 aromatic heterocycles. The van der Waals surface area contributed by atoms with Crippen molar-refractivity contribution < 1.29 is 0 Å². The van der Waals surface area contributed by atoms with Crippen LogP contribution in [0.2, 0.25) is 13.1 Å². The van der Waals surface area contributed by atoms with Crippen molar-refractivity contribution >= 4 is 24.1 Å². The molecule has 1 radical (unpaired) electrons. The van der Waals surface area contributed by atoms with Crippen LogP contribution in [0.4, 0.5) is 0 Å². The van der Waals surface area contributed by atoms with Gasteiger partial charge in [-0.15, -0.1) is 0 Å². The molecule has 0 bridgehead atoms. The van der Waals surface area contributed by atoms with Crippen LogP contribution in [0.1, 0.15) is 17.2 Å². The van der Waals surface area contributed by atoms with E-state index in [9.17, 15) is 0 Å². The minimum Gasteiger partial charge on any atom is -0.387 e. The fourth-order valence-electron chi connectivity index (χ4n) is 2.87. The highest BCUT2D eigenvalue weighted by atomic mass is 28.3. The Morgan fingerprint density at radius 3 is 2.62 bits per heavy atom. The summed E-state index contributed by atoms with van der Waals surface area (Å²) in [6.07, 6.45) is 3.48. The van der Waals surface area contributed by atoms with Gasteiger partial charge in [-0.05, 0) is 17.8 Å². The number of rotatable bonds is 2. The predicted octanol–water partition coefficient (Wildman–Crippen LogP) is 0.460. The van der Waals surface area contributed by atoms with Gasteiger partial charge in [0, 0.05) is 24.4 Å². The molecule has 16 heavy (non-hydrogen) atoms. The Balaban J connectivity index is 2.20. The molecule has 1 aliphatic carbocycles. The zero-order chi connectivity index (χ0) is 11.5. The van der Waals surface area contributed by atoms with E-state index in [4.69, 9.17) is 0 Å². The summed E-state index contributed by atoms with van der Waals surface area (Å²) in [7, 11) is 2.80. The van der Waals surface area contributed by atoms with Gasteiger partial charge in [-0.25, -0.2) is 0 Å². The van der Waals surface area contributed by atoms with Gasteiger partial charge < -0.3 is 10.6 Å². The monoisotopic (exact) mass is 229 g/mol. The molecule has 0 amide bonds. The maximum atomic E-state index is 3.48. The van der Waals surface area contributed by atoms with E-state index >= 15 is 0 Å². The number of nitrogens with one attached hydrogen (secondary N) is 2. The second-order valence-electron chi connectivity index (χ2n) is 5.07. The third kappa shape index (κ3) is 1.05. The van der Waals surface area contributed by atoms with Gasteiger partial charge in [0.15, 0.2) is 0 Å². The van der Waals surface area contributed by atoms with Crippen LogP contribution in [0.15, 0.2) is 12.1 Å². The van der Waals surface area contributed by atoms with Gasteiger partial charge in [-0.1, -0.05) is 30.4 Å². The van der Waals surface area contributed by atoms with Gasteiger partial charge in [0.2, 0.25) is 0 Å². The molecular formula is C13H17N2Si. The number of benzene rings is 1. The fraction of sp³-hybridized carbons (Fsp3) is 0.385. The first-order valence-corrected chi connectivity index (χ1v) is 8.78. The third-order valence-electron chi connectivity index (χ3n) is 3.86. The van der Waals surface area contributed by atoms with Crippen molar-refractivity contribution in [3.8, 4) is 0 Å². The van der Waals surface area contributed by atoms with Gasteiger partial charge in [-0.2, -0.15) is 0 Å². The second-order valence-corrected chi connectivity index (χ2v) is 9.36. The SMILES string of the molecule is CNC1=[C]C(NC)c2ccc3c(c21)[Si]3(C)C. The Hall–Kier alpha value is -1.06. The van der Waals surface area contributed by atoms with E-state index in [-0.39, 0.29) is 6.04 Å². The summed E-state index contributed by atoms with van der Waals surface area (Å²) in [4.78, 5) is 0. The van der Waals surface area contributed by atoms with Crippen molar-refractivity contribution in [3.05, 3.63) is 29.3 Å². The van der Waals surface area contributed by atoms with Gasteiger partial charge >= 0.3 is 0 Å². The average Bonchev–Trinajstić information content (AvgIpc) is 2.71. The number of likely N-dealkylation sites (N-methyl/N-ethyl adjacent to an activating group) is 1. The Labute approximate surface area is 97.8 Å². The molecule has 1 unspecified atom stereocenters. The molecule has 0 saturated carbocycles. The molecule has 3 rings (SSSR count). The van der Waals surface area contributed by atoms with E-state index in [1.165, 1.54) is 16.8 Å². The smallest absolute Gasteiger partial charge is 0.112 e. The Morgan fingerprint density at radius 1 is 1.25 bits per heavy atom. The molecule has 2 nitrogen and oxygen atoms in total. The van der Waals surface area contributed by atoms with Crippen molar-refractivity contribution in [2.45, 2.75) is 19.1 Å². The minimum atomic E-state index is -1.18. The van der Waals surface area contributed by atoms with Crippen LogP contribution in [0.25, 0.3) is 5.70 Å². The summed E-state index contributed by atoms with van der Waals surface area (Å²) in [6, 6.07) is 4.85. The quantitative estimate of drug-likeness (QED) is 0.720. The molecule has 0 saturated heterocycles. The average molecular weight is 229 g/mol. The number of fused-ring (bicyclic) bond motifs is 3. The van der Waals surface area contributed by atoms with Crippen LogP contribution in [0.3, 0.4) is 0 Å². The largest absolute Gasteiger partial charge is 0.387 e. The van der Waals surface area contributed by atoms with E-state index < -0.39 is 8.07 Å². The summed E-state index contributed by atoms with van der Waals surface area (Å²) in [5.74, 6) is 0. The highest BCUT2D eigenvalue weighted by molar-refractivity contribution is 7.16. The number of hydrogen-bond donors (Lipinski definition) is 2. The first-order chi connectivity index (χ1) is 7.61. The molecule has 1 heterocycles. The highest BCUT2D eigenvalue weighted by Crippen LogP contribution is 2.35. The molecule has 1 aliphatic heterocycles. The molecule has 0 fully saturated rings. The molecule has 1 aromatic carbocycles. The van der Waals surface area contributed by atoms with E-state index in [0.717, 1.165) is 0 Å². The number of hydrogen-bond acceptors (Lipinski definition) is 2. The Bertz CT molecular complexity index is 503. The lowest BCUT2D eigenvalue weighted by Gasteiger charge is -2.08. The van der Waals surface area contributed by atoms with Crippen molar-refractivity contribution in [1.82, 2.24) is 10.6 Å². The first-order valence-electron chi connectivity index (χ1n) is 5.78. The second kappa shape index (κ2) is 2.99. The summed E-state index contributed by atoms with van der Waals surface area (Å²) < 4.78 is 0. The summed E-state index contributed by atoms with van der Waals surface area (Å²) in [5.41, 5.74) is 4.02. The van der Waals surface area contributed by atoms with E-state index in [0.29, 0.717) is 0 Å².